The Hall–Kier alpha value is -1.63. The maximum absolute atomic E-state index is 13.3. The normalized spacial score (nSPS) is 26.9. The summed E-state index contributed by atoms with van der Waals surface area (Å²) in [5, 5.41) is 18.7. The molecule has 0 heterocycles. The van der Waals surface area contributed by atoms with E-state index in [4.69, 9.17) is 5.11 Å². The fourth-order valence-corrected chi connectivity index (χ4v) is 2.20. The summed E-state index contributed by atoms with van der Waals surface area (Å²) in [6, 6.07) is 2.14. The van der Waals surface area contributed by atoms with E-state index in [-0.39, 0.29) is 18.4 Å². The molecule has 1 aromatic carbocycles. The summed E-state index contributed by atoms with van der Waals surface area (Å²) >= 11 is 0. The number of alkyl halides is 3. The molecule has 0 amide bonds. The van der Waals surface area contributed by atoms with Gasteiger partial charge in [0.25, 0.3) is 0 Å². The molecule has 0 unspecified atom stereocenters. The molecule has 2 rings (SSSR count). The van der Waals surface area contributed by atoms with Gasteiger partial charge in [-0.1, -0.05) is 6.07 Å². The molecule has 104 valence electrons. The largest absolute Gasteiger partial charge is 0.481 e. The van der Waals surface area contributed by atoms with Gasteiger partial charge in [-0.3, -0.25) is 4.79 Å². The first kappa shape index (κ1) is 13.8. The van der Waals surface area contributed by atoms with Crippen LogP contribution in [0.15, 0.2) is 18.2 Å². The van der Waals surface area contributed by atoms with Gasteiger partial charge >= 0.3 is 12.1 Å². The number of carboxylic acid groups (broad SMARTS) is 1. The van der Waals surface area contributed by atoms with Crippen LogP contribution in [-0.4, -0.2) is 16.2 Å². The van der Waals surface area contributed by atoms with Crippen molar-refractivity contribution >= 4 is 5.97 Å². The topological polar surface area (TPSA) is 57.5 Å². The molecule has 19 heavy (non-hydrogen) atoms. The molecule has 1 saturated carbocycles. The number of rotatable bonds is 2. The zero-order chi connectivity index (χ0) is 14.4. The molecular formula is C12H10F4O3. The minimum Gasteiger partial charge on any atom is -0.481 e. The summed E-state index contributed by atoms with van der Waals surface area (Å²) in [5.41, 5.74) is -3.00. The van der Waals surface area contributed by atoms with Crippen LogP contribution in [0, 0.1) is 11.7 Å². The second-order valence-electron chi connectivity index (χ2n) is 4.67. The third kappa shape index (κ3) is 2.42. The van der Waals surface area contributed by atoms with Crippen molar-refractivity contribution in [2.24, 2.45) is 5.92 Å². The number of carbonyl (C=O) groups is 1. The second-order valence-corrected chi connectivity index (χ2v) is 4.67. The quantitative estimate of drug-likeness (QED) is 0.817. The molecule has 1 aromatic rings. The van der Waals surface area contributed by atoms with Crippen LogP contribution in [-0.2, 0) is 16.6 Å². The molecule has 0 bridgehead atoms. The zero-order valence-corrected chi connectivity index (χ0v) is 9.54. The lowest BCUT2D eigenvalue weighted by Crippen LogP contribution is -2.44. The standard InChI is InChI=1S/C12H10F4O3/c13-9-3-7(1-2-8(9)12(14,15)16)11(19)4-6(5-11)10(17)18/h1-3,6,19H,4-5H2,(H,17,18). The highest BCUT2D eigenvalue weighted by Crippen LogP contribution is 2.46. The highest BCUT2D eigenvalue weighted by molar-refractivity contribution is 5.71. The molecule has 7 heteroatoms. The lowest BCUT2D eigenvalue weighted by molar-refractivity contribution is -0.159. The van der Waals surface area contributed by atoms with Crippen molar-refractivity contribution in [2.45, 2.75) is 24.6 Å². The monoisotopic (exact) mass is 278 g/mol. The molecule has 3 nitrogen and oxygen atoms in total. The minimum absolute atomic E-state index is 0.0319. The van der Waals surface area contributed by atoms with Crippen molar-refractivity contribution in [1.82, 2.24) is 0 Å². The van der Waals surface area contributed by atoms with E-state index in [0.717, 1.165) is 6.07 Å². The molecule has 0 aliphatic heterocycles. The van der Waals surface area contributed by atoms with Crippen molar-refractivity contribution in [1.29, 1.82) is 0 Å². The Labute approximate surface area is 105 Å². The molecule has 0 atom stereocenters. The highest BCUT2D eigenvalue weighted by Gasteiger charge is 2.48. The summed E-state index contributed by atoms with van der Waals surface area (Å²) in [6.07, 6.45) is -5.06. The number of benzene rings is 1. The minimum atomic E-state index is -4.80. The Morgan fingerprint density at radius 1 is 1.32 bits per heavy atom. The summed E-state index contributed by atoms with van der Waals surface area (Å²) in [7, 11) is 0. The van der Waals surface area contributed by atoms with E-state index in [1.807, 2.05) is 0 Å². The van der Waals surface area contributed by atoms with E-state index in [2.05, 4.69) is 0 Å². The maximum Gasteiger partial charge on any atom is 0.419 e. The van der Waals surface area contributed by atoms with Gasteiger partial charge in [-0.25, -0.2) is 4.39 Å². The van der Waals surface area contributed by atoms with Gasteiger partial charge in [0.05, 0.1) is 17.1 Å². The van der Waals surface area contributed by atoms with E-state index in [0.29, 0.717) is 12.1 Å². The van der Waals surface area contributed by atoms with Crippen LogP contribution >= 0.6 is 0 Å². The van der Waals surface area contributed by atoms with E-state index >= 15 is 0 Å². The van der Waals surface area contributed by atoms with E-state index in [1.54, 1.807) is 0 Å². The number of hydrogen-bond acceptors (Lipinski definition) is 2. The Kier molecular flexibility index (Phi) is 3.04. The Balaban J connectivity index is 2.25. The number of aliphatic hydroxyl groups is 1. The van der Waals surface area contributed by atoms with Crippen LogP contribution in [0.4, 0.5) is 17.6 Å². The predicted molar refractivity (Wildman–Crippen MR) is 55.7 cm³/mol. The van der Waals surface area contributed by atoms with Crippen LogP contribution in [0.3, 0.4) is 0 Å². The van der Waals surface area contributed by atoms with Crippen molar-refractivity contribution in [3.05, 3.63) is 35.1 Å². The lowest BCUT2D eigenvalue weighted by Gasteiger charge is -2.41. The number of carboxylic acids is 1. The van der Waals surface area contributed by atoms with Gasteiger partial charge in [0.2, 0.25) is 0 Å². The summed E-state index contributed by atoms with van der Waals surface area (Å²) in [5.74, 6) is -3.32. The van der Waals surface area contributed by atoms with E-state index in [1.165, 1.54) is 0 Å². The fourth-order valence-electron chi connectivity index (χ4n) is 2.20. The molecule has 1 aliphatic carbocycles. The van der Waals surface area contributed by atoms with Gasteiger partial charge in [-0.15, -0.1) is 0 Å². The summed E-state index contributed by atoms with van der Waals surface area (Å²) in [4.78, 5) is 10.6. The third-order valence-corrected chi connectivity index (χ3v) is 3.33. The van der Waals surface area contributed by atoms with Crippen LogP contribution < -0.4 is 0 Å². The van der Waals surface area contributed by atoms with Gasteiger partial charge < -0.3 is 10.2 Å². The molecule has 0 radical (unpaired) electrons. The number of hydrogen-bond donors (Lipinski definition) is 2. The lowest BCUT2D eigenvalue weighted by atomic mass is 9.67. The predicted octanol–water partition coefficient (Wildman–Crippen LogP) is 2.53. The van der Waals surface area contributed by atoms with Crippen molar-refractivity contribution in [2.75, 3.05) is 0 Å². The van der Waals surface area contributed by atoms with Gasteiger partial charge in [-0.05, 0) is 30.5 Å². The Bertz CT molecular complexity index is 518. The number of halogens is 4. The molecule has 2 N–H and O–H groups in total. The van der Waals surface area contributed by atoms with Crippen LogP contribution in [0.5, 0.6) is 0 Å². The molecule has 0 saturated heterocycles. The average molecular weight is 278 g/mol. The average Bonchev–Trinajstić information content (AvgIpc) is 2.22. The van der Waals surface area contributed by atoms with Crippen LogP contribution in [0.2, 0.25) is 0 Å². The van der Waals surface area contributed by atoms with E-state index in [9.17, 15) is 27.5 Å². The van der Waals surface area contributed by atoms with Crippen molar-refractivity contribution < 1.29 is 32.6 Å². The smallest absolute Gasteiger partial charge is 0.419 e. The van der Waals surface area contributed by atoms with Gasteiger partial charge in [0.15, 0.2) is 0 Å². The van der Waals surface area contributed by atoms with Gasteiger partial charge in [0.1, 0.15) is 5.82 Å². The van der Waals surface area contributed by atoms with Gasteiger partial charge in [-0.2, -0.15) is 13.2 Å². The van der Waals surface area contributed by atoms with Crippen LogP contribution in [0.1, 0.15) is 24.0 Å². The fraction of sp³-hybridized carbons (Fsp3) is 0.417. The van der Waals surface area contributed by atoms with E-state index < -0.39 is 35.0 Å². The van der Waals surface area contributed by atoms with Gasteiger partial charge in [0, 0.05) is 0 Å². The third-order valence-electron chi connectivity index (χ3n) is 3.33. The zero-order valence-electron chi connectivity index (χ0n) is 9.54. The van der Waals surface area contributed by atoms with Crippen LogP contribution in [0.25, 0.3) is 0 Å². The van der Waals surface area contributed by atoms with Crippen molar-refractivity contribution in [3.8, 4) is 0 Å². The SMILES string of the molecule is O=C(O)C1CC(O)(c2ccc(C(F)(F)F)c(F)c2)C1. The van der Waals surface area contributed by atoms with Crippen molar-refractivity contribution in [3.63, 3.8) is 0 Å². The summed E-state index contributed by atoms with van der Waals surface area (Å²) < 4.78 is 50.4. The first-order valence-corrected chi connectivity index (χ1v) is 5.46. The molecular weight excluding hydrogens is 268 g/mol. The Morgan fingerprint density at radius 3 is 2.32 bits per heavy atom. The highest BCUT2D eigenvalue weighted by atomic mass is 19.4. The molecule has 0 spiro atoms. The first-order chi connectivity index (χ1) is 8.63. The maximum atomic E-state index is 13.3. The second kappa shape index (κ2) is 4.19. The molecule has 1 fully saturated rings. The number of aliphatic carboxylic acids is 1. The summed E-state index contributed by atoms with van der Waals surface area (Å²) in [6.45, 7) is 0. The molecule has 1 aliphatic rings. The Morgan fingerprint density at radius 2 is 1.89 bits per heavy atom. The first-order valence-electron chi connectivity index (χ1n) is 5.46. The molecule has 0 aromatic heterocycles.